The first-order valence-electron chi connectivity index (χ1n) is 7.14. The Labute approximate surface area is 129 Å². The third-order valence-corrected chi connectivity index (χ3v) is 4.38. The highest BCUT2D eigenvalue weighted by Crippen LogP contribution is 2.27. The summed E-state index contributed by atoms with van der Waals surface area (Å²) >= 11 is 3.65. The van der Waals surface area contributed by atoms with E-state index in [1.807, 2.05) is 0 Å². The average Bonchev–Trinajstić information content (AvgIpc) is 2.46. The lowest BCUT2D eigenvalue weighted by molar-refractivity contribution is -0.0103. The number of nitrogens with one attached hydrogen (secondary N) is 1. The van der Waals surface area contributed by atoms with Crippen molar-refractivity contribution in [2.45, 2.75) is 32.5 Å². The largest absolute Gasteiger partial charge is 0.394 e. The molecule has 1 heterocycles. The van der Waals surface area contributed by atoms with Crippen LogP contribution in [-0.2, 0) is 11.3 Å². The maximum Gasteiger partial charge on any atom is 0.0981 e. The minimum atomic E-state index is -0.0913. The minimum Gasteiger partial charge on any atom is -0.394 e. The highest BCUT2D eigenvalue weighted by atomic mass is 79.9. The van der Waals surface area contributed by atoms with Crippen LogP contribution in [0.1, 0.15) is 19.4 Å². The van der Waals surface area contributed by atoms with Crippen molar-refractivity contribution in [3.05, 3.63) is 28.2 Å². The molecule has 0 aromatic heterocycles. The number of aliphatic hydroxyl groups is 1. The number of ether oxygens (including phenoxy) is 1. The zero-order valence-electron chi connectivity index (χ0n) is 12.1. The second kappa shape index (κ2) is 7.41. The fraction of sp³-hybridized carbons (Fsp3) is 0.600. The van der Waals surface area contributed by atoms with Crippen molar-refractivity contribution < 1.29 is 9.84 Å². The first kappa shape index (κ1) is 15.8. The number of hydrogen-bond acceptors (Lipinski definition) is 4. The zero-order valence-corrected chi connectivity index (χ0v) is 13.7. The molecule has 112 valence electrons. The van der Waals surface area contributed by atoms with Crippen LogP contribution in [0.15, 0.2) is 22.7 Å². The van der Waals surface area contributed by atoms with E-state index in [1.54, 1.807) is 0 Å². The van der Waals surface area contributed by atoms with Crippen molar-refractivity contribution >= 4 is 21.6 Å². The lowest BCUT2D eigenvalue weighted by Crippen LogP contribution is -2.49. The van der Waals surface area contributed by atoms with Crippen molar-refractivity contribution in [1.29, 1.82) is 0 Å². The minimum absolute atomic E-state index is 0.0723. The van der Waals surface area contributed by atoms with Crippen LogP contribution in [0, 0.1) is 0 Å². The molecule has 0 saturated carbocycles. The lowest BCUT2D eigenvalue weighted by Gasteiger charge is -2.39. The molecule has 2 N–H and O–H groups in total. The molecule has 0 bridgehead atoms. The van der Waals surface area contributed by atoms with Crippen LogP contribution in [0.4, 0.5) is 5.69 Å². The Bertz CT molecular complexity index is 442. The van der Waals surface area contributed by atoms with E-state index in [0.29, 0.717) is 12.6 Å². The summed E-state index contributed by atoms with van der Waals surface area (Å²) in [6.07, 6.45) is -0.0913. The van der Waals surface area contributed by atoms with Crippen LogP contribution in [0.3, 0.4) is 0 Å². The summed E-state index contributed by atoms with van der Waals surface area (Å²) in [7, 11) is 0. The summed E-state index contributed by atoms with van der Waals surface area (Å²) in [4.78, 5) is 2.30. The third-order valence-electron chi connectivity index (χ3n) is 3.64. The van der Waals surface area contributed by atoms with E-state index in [2.05, 4.69) is 58.2 Å². The van der Waals surface area contributed by atoms with Crippen LogP contribution in [0.25, 0.3) is 0 Å². The van der Waals surface area contributed by atoms with Gasteiger partial charge in [-0.15, -0.1) is 0 Å². The molecule has 1 saturated heterocycles. The number of hydrogen-bond donors (Lipinski definition) is 2. The van der Waals surface area contributed by atoms with Crippen LogP contribution in [0.2, 0.25) is 0 Å². The summed E-state index contributed by atoms with van der Waals surface area (Å²) in [6.45, 7) is 7.55. The van der Waals surface area contributed by atoms with Crippen molar-refractivity contribution in [1.82, 2.24) is 5.32 Å². The fourth-order valence-corrected chi connectivity index (χ4v) is 2.91. The molecule has 4 nitrogen and oxygen atoms in total. The van der Waals surface area contributed by atoms with Gasteiger partial charge >= 0.3 is 0 Å². The quantitative estimate of drug-likeness (QED) is 0.860. The van der Waals surface area contributed by atoms with Gasteiger partial charge in [-0.2, -0.15) is 0 Å². The maximum absolute atomic E-state index is 9.27. The van der Waals surface area contributed by atoms with Gasteiger partial charge in [0.15, 0.2) is 0 Å². The first-order valence-corrected chi connectivity index (χ1v) is 7.93. The standard InChI is InChI=1S/C15H23BrN2O2/c1-3-17-7-12-4-5-13(6-15(12)16)18-8-14(9-19)20-10-11(18)2/h4-6,11,14,17,19H,3,7-10H2,1-2H3. The number of nitrogens with zero attached hydrogens (tertiary/aromatic N) is 1. The predicted octanol–water partition coefficient (Wildman–Crippen LogP) is 2.14. The maximum atomic E-state index is 9.27. The van der Waals surface area contributed by atoms with Crippen molar-refractivity contribution in [3.63, 3.8) is 0 Å². The van der Waals surface area contributed by atoms with E-state index in [-0.39, 0.29) is 12.7 Å². The lowest BCUT2D eigenvalue weighted by atomic mass is 10.1. The molecule has 1 aliphatic heterocycles. The molecule has 2 atom stereocenters. The molecule has 5 heteroatoms. The molecule has 20 heavy (non-hydrogen) atoms. The molecular weight excluding hydrogens is 320 g/mol. The zero-order chi connectivity index (χ0) is 14.5. The van der Waals surface area contributed by atoms with Gasteiger partial charge in [-0.25, -0.2) is 0 Å². The summed E-state index contributed by atoms with van der Waals surface area (Å²) in [5.41, 5.74) is 2.43. The molecule has 0 aliphatic carbocycles. The summed E-state index contributed by atoms with van der Waals surface area (Å²) in [6, 6.07) is 6.78. The van der Waals surface area contributed by atoms with Gasteiger partial charge in [-0.3, -0.25) is 0 Å². The Hall–Kier alpha value is -0.620. The smallest absolute Gasteiger partial charge is 0.0981 e. The molecule has 2 rings (SSSR count). The van der Waals surface area contributed by atoms with Crippen molar-refractivity contribution in [2.24, 2.45) is 0 Å². The molecule has 0 amide bonds. The number of benzene rings is 1. The summed E-state index contributed by atoms with van der Waals surface area (Å²) in [5, 5.41) is 12.6. The molecule has 1 aromatic carbocycles. The van der Waals surface area contributed by atoms with Gasteiger partial charge < -0.3 is 20.1 Å². The topological polar surface area (TPSA) is 44.7 Å². The highest BCUT2D eigenvalue weighted by molar-refractivity contribution is 9.10. The third kappa shape index (κ3) is 3.73. The number of anilines is 1. The molecular formula is C15H23BrN2O2. The van der Waals surface area contributed by atoms with Crippen molar-refractivity contribution in [2.75, 3.05) is 31.2 Å². The summed E-state index contributed by atoms with van der Waals surface area (Å²) in [5.74, 6) is 0. The van der Waals surface area contributed by atoms with Crippen LogP contribution < -0.4 is 10.2 Å². The number of halogens is 1. The molecule has 0 radical (unpaired) electrons. The number of rotatable bonds is 5. The number of morpholine rings is 1. The molecule has 1 aliphatic rings. The Morgan fingerprint density at radius 2 is 2.30 bits per heavy atom. The van der Waals surface area contributed by atoms with E-state index >= 15 is 0 Å². The second-order valence-corrected chi connectivity index (χ2v) is 6.05. The fourth-order valence-electron chi connectivity index (χ4n) is 2.41. The molecule has 0 spiro atoms. The molecule has 1 aromatic rings. The Balaban J connectivity index is 2.13. The van der Waals surface area contributed by atoms with Gasteiger partial charge in [-0.1, -0.05) is 28.9 Å². The molecule has 1 fully saturated rings. The van der Waals surface area contributed by atoms with Gasteiger partial charge in [0.1, 0.15) is 0 Å². The average molecular weight is 343 g/mol. The SMILES string of the molecule is CCNCc1ccc(N2CC(CO)OCC2C)cc1Br. The van der Waals surface area contributed by atoms with Crippen LogP contribution in [0.5, 0.6) is 0 Å². The monoisotopic (exact) mass is 342 g/mol. The van der Waals surface area contributed by atoms with Gasteiger partial charge in [0.2, 0.25) is 0 Å². The molecule has 2 unspecified atom stereocenters. The predicted molar refractivity (Wildman–Crippen MR) is 85.2 cm³/mol. The van der Waals surface area contributed by atoms with E-state index < -0.39 is 0 Å². The summed E-state index contributed by atoms with van der Waals surface area (Å²) < 4.78 is 6.71. The van der Waals surface area contributed by atoms with Crippen molar-refractivity contribution in [3.8, 4) is 0 Å². The van der Waals surface area contributed by atoms with Gasteiger partial charge in [0.25, 0.3) is 0 Å². The number of aliphatic hydroxyl groups excluding tert-OH is 1. The van der Waals surface area contributed by atoms with E-state index in [0.717, 1.165) is 24.1 Å². The Morgan fingerprint density at radius 1 is 1.50 bits per heavy atom. The van der Waals surface area contributed by atoms with E-state index in [1.165, 1.54) is 11.3 Å². The van der Waals surface area contributed by atoms with Gasteiger partial charge in [0, 0.05) is 29.3 Å². The Kier molecular flexibility index (Phi) is 5.84. The van der Waals surface area contributed by atoms with E-state index in [9.17, 15) is 5.11 Å². The van der Waals surface area contributed by atoms with Gasteiger partial charge in [-0.05, 0) is 31.2 Å². The van der Waals surface area contributed by atoms with E-state index in [4.69, 9.17) is 4.74 Å². The normalized spacial score (nSPS) is 23.1. The van der Waals surface area contributed by atoms with Gasteiger partial charge in [0.05, 0.1) is 19.3 Å². The first-order chi connectivity index (χ1) is 9.65. The highest BCUT2D eigenvalue weighted by Gasteiger charge is 2.26. The van der Waals surface area contributed by atoms with Crippen LogP contribution >= 0.6 is 15.9 Å². The second-order valence-electron chi connectivity index (χ2n) is 5.20. The Morgan fingerprint density at radius 3 is 2.95 bits per heavy atom. The van der Waals surface area contributed by atoms with Crippen LogP contribution in [-0.4, -0.2) is 43.6 Å².